The van der Waals surface area contributed by atoms with Crippen LogP contribution < -0.4 is 15.8 Å². The van der Waals surface area contributed by atoms with E-state index in [1.54, 1.807) is 0 Å². The number of hydrogen-bond acceptors (Lipinski definition) is 4. The van der Waals surface area contributed by atoms with Gasteiger partial charge < -0.3 is 15.8 Å². The molecule has 0 heterocycles. The lowest BCUT2D eigenvalue weighted by molar-refractivity contribution is 0.244. The molecule has 0 saturated heterocycles. The fraction of sp³-hybridized carbons (Fsp3) is 0.235. The van der Waals surface area contributed by atoms with Crippen molar-refractivity contribution in [1.29, 1.82) is 5.26 Å². The van der Waals surface area contributed by atoms with Crippen LogP contribution in [0.4, 0.5) is 11.4 Å². The Labute approximate surface area is 125 Å². The molecule has 2 rings (SSSR count). The molecule has 0 saturated carbocycles. The second-order valence-electron chi connectivity index (χ2n) is 5.08. The van der Waals surface area contributed by atoms with Crippen molar-refractivity contribution in [2.45, 2.75) is 26.5 Å². The van der Waals surface area contributed by atoms with Gasteiger partial charge in [-0.2, -0.15) is 5.26 Å². The van der Waals surface area contributed by atoms with Crippen molar-refractivity contribution in [3.8, 4) is 11.8 Å². The maximum absolute atomic E-state index is 8.77. The molecule has 0 radical (unpaired) electrons. The van der Waals surface area contributed by atoms with Gasteiger partial charge in [-0.15, -0.1) is 0 Å². The maximum atomic E-state index is 8.77. The summed E-state index contributed by atoms with van der Waals surface area (Å²) in [6, 6.07) is 15.3. The monoisotopic (exact) mass is 281 g/mol. The normalized spacial score (nSPS) is 10.2. The zero-order valence-corrected chi connectivity index (χ0v) is 12.3. The van der Waals surface area contributed by atoms with Gasteiger partial charge in [-0.3, -0.25) is 0 Å². The van der Waals surface area contributed by atoms with Gasteiger partial charge in [0.05, 0.1) is 23.4 Å². The van der Waals surface area contributed by atoms with E-state index in [2.05, 4.69) is 11.4 Å². The van der Waals surface area contributed by atoms with E-state index in [0.29, 0.717) is 23.5 Å². The Kier molecular flexibility index (Phi) is 4.68. The van der Waals surface area contributed by atoms with Crippen LogP contribution in [-0.4, -0.2) is 6.10 Å². The van der Waals surface area contributed by atoms with Crippen molar-refractivity contribution < 1.29 is 4.74 Å². The van der Waals surface area contributed by atoms with Gasteiger partial charge in [-0.05, 0) is 43.7 Å². The number of hydrogen-bond donors (Lipinski definition) is 2. The molecule has 0 aliphatic heterocycles. The Bertz CT molecular complexity index is 642. The number of anilines is 2. The lowest BCUT2D eigenvalue weighted by Gasteiger charge is -2.14. The van der Waals surface area contributed by atoms with Gasteiger partial charge in [-0.1, -0.05) is 12.1 Å². The number of nitrogen functional groups attached to an aromatic ring is 1. The van der Waals surface area contributed by atoms with E-state index >= 15 is 0 Å². The largest absolute Gasteiger partial charge is 0.489 e. The molecule has 0 amide bonds. The third-order valence-electron chi connectivity index (χ3n) is 2.96. The van der Waals surface area contributed by atoms with Crippen LogP contribution in [-0.2, 0) is 6.54 Å². The molecular formula is C17H19N3O. The molecule has 0 aromatic heterocycles. The molecule has 3 N–H and O–H groups in total. The summed E-state index contributed by atoms with van der Waals surface area (Å²) in [5.41, 5.74) is 9.25. The average molecular weight is 281 g/mol. The van der Waals surface area contributed by atoms with E-state index in [1.807, 2.05) is 56.3 Å². The second kappa shape index (κ2) is 6.67. The third-order valence-corrected chi connectivity index (χ3v) is 2.96. The average Bonchev–Trinajstić information content (AvgIpc) is 2.48. The first kappa shape index (κ1) is 14.7. The van der Waals surface area contributed by atoms with E-state index in [-0.39, 0.29) is 6.10 Å². The molecule has 4 nitrogen and oxygen atoms in total. The Hall–Kier alpha value is -2.67. The SMILES string of the molecule is CC(C)Oc1cc(NCc2ccc(C#N)cc2)ccc1N. The highest BCUT2D eigenvalue weighted by Crippen LogP contribution is 2.26. The molecule has 0 unspecified atom stereocenters. The fourth-order valence-corrected chi connectivity index (χ4v) is 1.90. The summed E-state index contributed by atoms with van der Waals surface area (Å²) >= 11 is 0. The molecule has 21 heavy (non-hydrogen) atoms. The second-order valence-corrected chi connectivity index (χ2v) is 5.08. The van der Waals surface area contributed by atoms with Crippen molar-refractivity contribution in [3.05, 3.63) is 53.6 Å². The minimum absolute atomic E-state index is 0.0843. The van der Waals surface area contributed by atoms with Crippen LogP contribution >= 0.6 is 0 Å². The van der Waals surface area contributed by atoms with Gasteiger partial charge in [0.2, 0.25) is 0 Å². The number of nitrogens with two attached hydrogens (primary N) is 1. The number of nitriles is 1. The first-order valence-corrected chi connectivity index (χ1v) is 6.87. The van der Waals surface area contributed by atoms with E-state index < -0.39 is 0 Å². The smallest absolute Gasteiger partial charge is 0.144 e. The van der Waals surface area contributed by atoms with Gasteiger partial charge in [0.15, 0.2) is 0 Å². The summed E-state index contributed by atoms with van der Waals surface area (Å²) in [4.78, 5) is 0. The van der Waals surface area contributed by atoms with E-state index in [9.17, 15) is 0 Å². The molecule has 0 atom stereocenters. The van der Waals surface area contributed by atoms with Crippen molar-refractivity contribution >= 4 is 11.4 Å². The predicted molar refractivity (Wildman–Crippen MR) is 85.1 cm³/mol. The Morgan fingerprint density at radius 1 is 1.19 bits per heavy atom. The Morgan fingerprint density at radius 3 is 2.52 bits per heavy atom. The predicted octanol–water partition coefficient (Wildman–Crippen LogP) is 3.54. The van der Waals surface area contributed by atoms with Crippen molar-refractivity contribution in [3.63, 3.8) is 0 Å². The van der Waals surface area contributed by atoms with Gasteiger partial charge in [0, 0.05) is 18.3 Å². The highest BCUT2D eigenvalue weighted by atomic mass is 16.5. The molecule has 0 bridgehead atoms. The minimum Gasteiger partial charge on any atom is -0.489 e. The van der Waals surface area contributed by atoms with Crippen LogP contribution in [0.3, 0.4) is 0 Å². The minimum atomic E-state index is 0.0843. The number of benzene rings is 2. The van der Waals surface area contributed by atoms with Crippen LogP contribution in [0.1, 0.15) is 25.0 Å². The van der Waals surface area contributed by atoms with Crippen LogP contribution in [0.25, 0.3) is 0 Å². The molecular weight excluding hydrogens is 262 g/mol. The molecule has 0 fully saturated rings. The third kappa shape index (κ3) is 4.15. The highest BCUT2D eigenvalue weighted by Gasteiger charge is 2.04. The molecule has 108 valence electrons. The lowest BCUT2D eigenvalue weighted by Crippen LogP contribution is -2.08. The molecule has 2 aromatic rings. The maximum Gasteiger partial charge on any atom is 0.144 e. The molecule has 0 aliphatic rings. The van der Waals surface area contributed by atoms with E-state index in [0.717, 1.165) is 11.3 Å². The summed E-state index contributed by atoms with van der Waals surface area (Å²) in [5.74, 6) is 0.690. The van der Waals surface area contributed by atoms with Crippen LogP contribution in [0, 0.1) is 11.3 Å². The van der Waals surface area contributed by atoms with Gasteiger partial charge in [0.1, 0.15) is 5.75 Å². The van der Waals surface area contributed by atoms with Crippen molar-refractivity contribution in [2.75, 3.05) is 11.1 Å². The molecule has 4 heteroatoms. The number of nitrogens with one attached hydrogen (secondary N) is 1. The summed E-state index contributed by atoms with van der Waals surface area (Å²) in [6.45, 7) is 4.61. The Morgan fingerprint density at radius 2 is 1.90 bits per heavy atom. The highest BCUT2D eigenvalue weighted by molar-refractivity contribution is 5.61. The lowest BCUT2D eigenvalue weighted by atomic mass is 10.1. The topological polar surface area (TPSA) is 71.1 Å². The summed E-state index contributed by atoms with van der Waals surface area (Å²) in [5, 5.41) is 12.1. The molecule has 0 aliphatic carbocycles. The van der Waals surface area contributed by atoms with Gasteiger partial charge in [-0.25, -0.2) is 0 Å². The summed E-state index contributed by atoms with van der Waals surface area (Å²) in [6.07, 6.45) is 0.0843. The quantitative estimate of drug-likeness (QED) is 0.822. The van der Waals surface area contributed by atoms with Crippen LogP contribution in [0.15, 0.2) is 42.5 Å². The number of ether oxygens (including phenoxy) is 1. The standard InChI is InChI=1S/C17H19N3O/c1-12(2)21-17-9-15(7-8-16(17)19)20-11-14-5-3-13(10-18)4-6-14/h3-9,12,20H,11,19H2,1-2H3. The van der Waals surface area contributed by atoms with Crippen LogP contribution in [0.5, 0.6) is 5.75 Å². The van der Waals surface area contributed by atoms with E-state index in [1.165, 1.54) is 0 Å². The summed E-state index contributed by atoms with van der Waals surface area (Å²) in [7, 11) is 0. The van der Waals surface area contributed by atoms with E-state index in [4.69, 9.17) is 15.7 Å². The fourth-order valence-electron chi connectivity index (χ4n) is 1.90. The van der Waals surface area contributed by atoms with Gasteiger partial charge in [0.25, 0.3) is 0 Å². The molecule has 2 aromatic carbocycles. The number of rotatable bonds is 5. The molecule has 0 spiro atoms. The van der Waals surface area contributed by atoms with Crippen molar-refractivity contribution in [2.24, 2.45) is 0 Å². The number of nitrogens with zero attached hydrogens (tertiary/aromatic N) is 1. The van der Waals surface area contributed by atoms with Crippen molar-refractivity contribution in [1.82, 2.24) is 0 Å². The first-order chi connectivity index (χ1) is 10.1. The van der Waals surface area contributed by atoms with Gasteiger partial charge >= 0.3 is 0 Å². The zero-order valence-electron chi connectivity index (χ0n) is 12.3. The zero-order chi connectivity index (χ0) is 15.2. The summed E-state index contributed by atoms with van der Waals surface area (Å²) < 4.78 is 5.67. The first-order valence-electron chi connectivity index (χ1n) is 6.87. The van der Waals surface area contributed by atoms with Crippen LogP contribution in [0.2, 0.25) is 0 Å². The Balaban J connectivity index is 2.04.